The van der Waals surface area contributed by atoms with E-state index in [0.717, 1.165) is 0 Å². The number of hydrogen-bond donors (Lipinski definition) is 0. The second-order valence-corrected chi connectivity index (χ2v) is 5.09. The van der Waals surface area contributed by atoms with Crippen molar-refractivity contribution in [2.24, 2.45) is 0 Å². The molecule has 0 saturated carbocycles. The Bertz CT molecular complexity index is 94.4. The molecule has 0 aromatic rings. The van der Waals surface area contributed by atoms with E-state index in [0.29, 0.717) is 6.04 Å². The third kappa shape index (κ3) is 2.37. The van der Waals surface area contributed by atoms with Crippen LogP contribution in [0.25, 0.3) is 0 Å². The van der Waals surface area contributed by atoms with Crippen LogP contribution in [0.15, 0.2) is 0 Å². The van der Waals surface area contributed by atoms with Gasteiger partial charge >= 0.3 is 8.32 Å². The van der Waals surface area contributed by atoms with Crippen LogP contribution in [0.2, 0.25) is 12.6 Å². The fourth-order valence-corrected chi connectivity index (χ4v) is 0.237. The van der Waals surface area contributed by atoms with Crippen LogP contribution in [0.4, 0.5) is 0 Å². The zero-order valence-electron chi connectivity index (χ0n) is 4.56. The Hall–Kier alpha value is -0.333. The number of nitrogens with zero attached hydrogens (tertiary/aromatic N) is 1. The Balaban J connectivity index is 3.66. The Morgan fingerprint density at radius 3 is 2.29 bits per heavy atom. The van der Waals surface area contributed by atoms with E-state index >= 15 is 0 Å². The zero-order valence-corrected chi connectivity index (χ0v) is 5.56. The molecule has 0 aliphatic carbocycles. The predicted molar refractivity (Wildman–Crippen MR) is 28.4 cm³/mol. The SMILES string of the molecule is CC[Si](C)([O])C#N. The summed E-state index contributed by atoms with van der Waals surface area (Å²) in [6.07, 6.45) is 0. The van der Waals surface area contributed by atoms with Crippen molar-refractivity contribution < 1.29 is 4.80 Å². The molecule has 39 valence electrons. The molecule has 1 atom stereocenters. The minimum absolute atomic E-state index is 0.517. The van der Waals surface area contributed by atoms with Gasteiger partial charge in [-0.3, -0.25) is 4.80 Å². The van der Waals surface area contributed by atoms with Gasteiger partial charge in [0.1, 0.15) is 0 Å². The van der Waals surface area contributed by atoms with E-state index in [1.165, 1.54) is 6.55 Å². The summed E-state index contributed by atoms with van der Waals surface area (Å²) in [6, 6.07) is 0.517. The summed E-state index contributed by atoms with van der Waals surface area (Å²) in [7, 11) is -2.60. The van der Waals surface area contributed by atoms with E-state index in [1.54, 1.807) is 12.6 Å². The van der Waals surface area contributed by atoms with E-state index in [2.05, 4.69) is 0 Å². The quantitative estimate of drug-likeness (QED) is 0.470. The minimum atomic E-state index is -2.60. The Kier molecular flexibility index (Phi) is 2.00. The Morgan fingerprint density at radius 1 is 1.86 bits per heavy atom. The molecule has 0 rings (SSSR count). The molecule has 0 heterocycles. The third-order valence-electron chi connectivity index (χ3n) is 0.911. The van der Waals surface area contributed by atoms with Crippen LogP contribution in [0.5, 0.6) is 0 Å². The molecule has 0 fully saturated rings. The van der Waals surface area contributed by atoms with Crippen LogP contribution >= 0.6 is 0 Å². The number of nitriles is 1. The topological polar surface area (TPSA) is 43.7 Å². The van der Waals surface area contributed by atoms with Crippen molar-refractivity contribution >= 4 is 8.32 Å². The summed E-state index contributed by atoms with van der Waals surface area (Å²) in [5.41, 5.74) is 1.77. The molecule has 0 aromatic heterocycles. The maximum atomic E-state index is 10.6. The number of rotatable bonds is 1. The fourth-order valence-electron chi connectivity index (χ4n) is 0.0791. The average molecular weight is 114 g/mol. The summed E-state index contributed by atoms with van der Waals surface area (Å²) in [5.74, 6) is 0. The second kappa shape index (κ2) is 2.10. The second-order valence-electron chi connectivity index (χ2n) is 1.70. The van der Waals surface area contributed by atoms with Crippen molar-refractivity contribution in [3.8, 4) is 5.69 Å². The molecule has 0 spiro atoms. The van der Waals surface area contributed by atoms with Gasteiger partial charge in [0.2, 0.25) is 0 Å². The Morgan fingerprint density at radius 2 is 2.29 bits per heavy atom. The molecule has 3 heteroatoms. The van der Waals surface area contributed by atoms with Crippen molar-refractivity contribution in [3.05, 3.63) is 0 Å². The summed E-state index contributed by atoms with van der Waals surface area (Å²) in [4.78, 5) is 10.6. The van der Waals surface area contributed by atoms with E-state index in [9.17, 15) is 4.80 Å². The summed E-state index contributed by atoms with van der Waals surface area (Å²) >= 11 is 0. The predicted octanol–water partition coefficient (Wildman–Crippen LogP) is 1.07. The van der Waals surface area contributed by atoms with Crippen LogP contribution in [0, 0.1) is 11.0 Å². The molecule has 0 aliphatic heterocycles. The molecule has 0 aliphatic rings. The van der Waals surface area contributed by atoms with Gasteiger partial charge in [-0.1, -0.05) is 6.92 Å². The monoisotopic (exact) mass is 114 g/mol. The highest BCUT2D eigenvalue weighted by atomic mass is 28.4. The average Bonchev–Trinajstić information content (AvgIpc) is 1.68. The molecule has 1 unspecified atom stereocenters. The van der Waals surface area contributed by atoms with Crippen LogP contribution in [0.1, 0.15) is 6.92 Å². The first-order valence-electron chi connectivity index (χ1n) is 2.24. The van der Waals surface area contributed by atoms with Gasteiger partial charge in [-0.2, -0.15) is 0 Å². The molecule has 7 heavy (non-hydrogen) atoms. The van der Waals surface area contributed by atoms with E-state index in [4.69, 9.17) is 5.26 Å². The van der Waals surface area contributed by atoms with Crippen LogP contribution in [-0.2, 0) is 4.80 Å². The normalized spacial score (nSPS) is 17.4. The zero-order chi connectivity index (χ0) is 5.91. The van der Waals surface area contributed by atoms with Gasteiger partial charge in [0.15, 0.2) is 0 Å². The van der Waals surface area contributed by atoms with Crippen LogP contribution in [0.3, 0.4) is 0 Å². The molecule has 0 bridgehead atoms. The van der Waals surface area contributed by atoms with Crippen molar-refractivity contribution in [1.29, 1.82) is 5.26 Å². The summed E-state index contributed by atoms with van der Waals surface area (Å²) in [6.45, 7) is 3.29. The summed E-state index contributed by atoms with van der Waals surface area (Å²) in [5, 5.41) is 8.09. The highest BCUT2D eigenvalue weighted by Gasteiger charge is 2.23. The molecule has 0 amide bonds. The van der Waals surface area contributed by atoms with Crippen LogP contribution < -0.4 is 0 Å². The molecular formula is C4H8NOSi. The largest absolute Gasteiger partial charge is 0.342 e. The highest BCUT2D eigenvalue weighted by molar-refractivity contribution is 6.78. The van der Waals surface area contributed by atoms with Gasteiger partial charge in [0.25, 0.3) is 0 Å². The van der Waals surface area contributed by atoms with Crippen LogP contribution in [-0.4, -0.2) is 8.32 Å². The standard InChI is InChI=1S/C4H8NOSi/c1-3-7(2,6)4-5/h3H2,1-2H3. The lowest BCUT2D eigenvalue weighted by Gasteiger charge is -1.98. The van der Waals surface area contributed by atoms with Gasteiger partial charge in [0.05, 0.1) is 5.69 Å². The lowest BCUT2D eigenvalue weighted by Crippen LogP contribution is -2.23. The van der Waals surface area contributed by atoms with Crippen molar-refractivity contribution in [2.75, 3.05) is 0 Å². The fraction of sp³-hybridized carbons (Fsp3) is 0.750. The van der Waals surface area contributed by atoms with Gasteiger partial charge in [-0.05, 0) is 12.6 Å². The van der Waals surface area contributed by atoms with Crippen molar-refractivity contribution in [1.82, 2.24) is 0 Å². The van der Waals surface area contributed by atoms with E-state index in [1.807, 2.05) is 0 Å². The Labute approximate surface area is 44.5 Å². The van der Waals surface area contributed by atoms with Gasteiger partial charge in [-0.25, -0.2) is 5.26 Å². The third-order valence-corrected chi connectivity index (χ3v) is 2.73. The summed E-state index contributed by atoms with van der Waals surface area (Å²) < 4.78 is 0. The highest BCUT2D eigenvalue weighted by Crippen LogP contribution is 2.00. The maximum Gasteiger partial charge on any atom is 0.342 e. The number of hydrogen-bond acceptors (Lipinski definition) is 1. The molecule has 2 nitrogen and oxygen atoms in total. The van der Waals surface area contributed by atoms with Gasteiger partial charge < -0.3 is 0 Å². The lowest BCUT2D eigenvalue weighted by molar-refractivity contribution is 0.437. The van der Waals surface area contributed by atoms with E-state index in [-0.39, 0.29) is 0 Å². The lowest BCUT2D eigenvalue weighted by atomic mass is 11.0. The van der Waals surface area contributed by atoms with E-state index < -0.39 is 8.32 Å². The van der Waals surface area contributed by atoms with Gasteiger partial charge in [0, 0.05) is 0 Å². The first kappa shape index (κ1) is 6.67. The van der Waals surface area contributed by atoms with Crippen molar-refractivity contribution in [3.63, 3.8) is 0 Å². The molecule has 0 saturated heterocycles. The maximum absolute atomic E-state index is 10.6. The minimum Gasteiger partial charge on any atom is -0.278 e. The first-order valence-corrected chi connectivity index (χ1v) is 4.85. The molecule has 0 N–H and O–H groups in total. The molecule has 0 aromatic carbocycles. The molecule has 1 radical (unpaired) electrons. The van der Waals surface area contributed by atoms with Gasteiger partial charge in [-0.15, -0.1) is 0 Å². The smallest absolute Gasteiger partial charge is 0.278 e. The molecular weight excluding hydrogens is 106 g/mol. The first-order chi connectivity index (χ1) is 3.12. The van der Waals surface area contributed by atoms with Crippen molar-refractivity contribution in [2.45, 2.75) is 19.5 Å².